The first-order valence-corrected chi connectivity index (χ1v) is 9.59. The van der Waals surface area contributed by atoms with Crippen molar-refractivity contribution in [2.45, 2.75) is 96.4 Å². The van der Waals surface area contributed by atoms with Gasteiger partial charge in [0.25, 0.3) is 0 Å². The van der Waals surface area contributed by atoms with Gasteiger partial charge in [-0.3, -0.25) is 9.69 Å². The van der Waals surface area contributed by atoms with Crippen LogP contribution in [0, 0.1) is 5.92 Å². The molecule has 2 heteroatoms. The molecule has 0 aromatic heterocycles. The number of hydrogen-bond acceptors (Lipinski definition) is 2. The maximum Gasteiger partial charge on any atom is 0.137 e. The number of likely N-dealkylation sites (tertiary alicyclic amines) is 1. The van der Waals surface area contributed by atoms with E-state index in [0.717, 1.165) is 19.3 Å². The summed E-state index contributed by atoms with van der Waals surface area (Å²) in [5, 5.41) is 0. The van der Waals surface area contributed by atoms with Crippen molar-refractivity contribution in [2.24, 2.45) is 5.92 Å². The third-order valence-corrected chi connectivity index (χ3v) is 5.53. The maximum absolute atomic E-state index is 12.0. The number of carbonyl (C=O) groups excluding carboxylic acids is 1. The average Bonchev–Trinajstić information content (AvgIpc) is 3.10. The first-order valence-electron chi connectivity index (χ1n) is 9.59. The summed E-state index contributed by atoms with van der Waals surface area (Å²) < 4.78 is 0. The number of hydrogen-bond donors (Lipinski definition) is 0. The molecular weight excluding hydrogens is 258 g/mol. The van der Waals surface area contributed by atoms with Crippen LogP contribution in [-0.2, 0) is 4.79 Å². The van der Waals surface area contributed by atoms with Gasteiger partial charge >= 0.3 is 0 Å². The van der Waals surface area contributed by atoms with Gasteiger partial charge in [-0.2, -0.15) is 0 Å². The smallest absolute Gasteiger partial charge is 0.137 e. The van der Waals surface area contributed by atoms with E-state index in [1.54, 1.807) is 0 Å². The molecule has 1 heterocycles. The summed E-state index contributed by atoms with van der Waals surface area (Å²) in [5.74, 6) is 0.948. The zero-order valence-corrected chi connectivity index (χ0v) is 14.1. The Morgan fingerprint density at radius 1 is 0.952 bits per heavy atom. The monoisotopic (exact) mass is 293 g/mol. The molecule has 0 bridgehead atoms. The minimum absolute atomic E-state index is 0.390. The predicted octanol–water partition coefficient (Wildman–Crippen LogP) is 4.96. The second-order valence-electron chi connectivity index (χ2n) is 7.19. The first-order chi connectivity index (χ1) is 10.3. The van der Waals surface area contributed by atoms with Gasteiger partial charge in [-0.15, -0.1) is 0 Å². The zero-order chi connectivity index (χ0) is 14.9. The van der Waals surface area contributed by atoms with E-state index in [4.69, 9.17) is 0 Å². The molecule has 0 aromatic rings. The van der Waals surface area contributed by atoms with Crippen LogP contribution in [0.3, 0.4) is 0 Å². The van der Waals surface area contributed by atoms with E-state index in [9.17, 15) is 4.79 Å². The molecule has 21 heavy (non-hydrogen) atoms. The molecule has 2 aliphatic rings. The summed E-state index contributed by atoms with van der Waals surface area (Å²) in [7, 11) is 0. The minimum atomic E-state index is 0.390. The van der Waals surface area contributed by atoms with Crippen LogP contribution in [0.1, 0.15) is 90.4 Å². The molecule has 2 unspecified atom stereocenters. The molecule has 2 nitrogen and oxygen atoms in total. The fraction of sp³-hybridized carbons (Fsp3) is 0.947. The normalized spacial score (nSPS) is 26.8. The summed E-state index contributed by atoms with van der Waals surface area (Å²) in [4.78, 5) is 14.6. The third-order valence-electron chi connectivity index (χ3n) is 5.53. The Labute approximate surface area is 131 Å². The Morgan fingerprint density at radius 3 is 2.33 bits per heavy atom. The number of carbonyl (C=O) groups is 1. The van der Waals surface area contributed by atoms with Crippen LogP contribution < -0.4 is 0 Å². The predicted molar refractivity (Wildman–Crippen MR) is 89.6 cm³/mol. The minimum Gasteiger partial charge on any atom is -0.300 e. The lowest BCUT2D eigenvalue weighted by Crippen LogP contribution is -2.38. The van der Waals surface area contributed by atoms with Crippen molar-refractivity contribution >= 4 is 5.78 Å². The SMILES string of the molecule is CCCCCCCCCCN1CCCC1C1CCCC1=O. The topological polar surface area (TPSA) is 20.3 Å². The van der Waals surface area contributed by atoms with Crippen molar-refractivity contribution in [2.75, 3.05) is 13.1 Å². The van der Waals surface area contributed by atoms with E-state index >= 15 is 0 Å². The highest BCUT2D eigenvalue weighted by Gasteiger charge is 2.37. The molecule has 1 saturated heterocycles. The summed E-state index contributed by atoms with van der Waals surface area (Å²) in [6.45, 7) is 4.76. The second kappa shape index (κ2) is 9.61. The van der Waals surface area contributed by atoms with Gasteiger partial charge in [-0.25, -0.2) is 0 Å². The molecule has 2 rings (SSSR count). The van der Waals surface area contributed by atoms with Gasteiger partial charge in [0.05, 0.1) is 0 Å². The Hall–Kier alpha value is -0.370. The summed E-state index contributed by atoms with van der Waals surface area (Å²) in [6.07, 6.45) is 16.9. The van der Waals surface area contributed by atoms with Crippen LogP contribution in [0.15, 0.2) is 0 Å². The van der Waals surface area contributed by atoms with Gasteiger partial charge in [0.1, 0.15) is 5.78 Å². The summed E-state index contributed by atoms with van der Waals surface area (Å²) in [6, 6.07) is 0.601. The van der Waals surface area contributed by atoms with E-state index < -0.39 is 0 Å². The largest absolute Gasteiger partial charge is 0.300 e. The van der Waals surface area contributed by atoms with Gasteiger partial charge in [0, 0.05) is 18.4 Å². The van der Waals surface area contributed by atoms with E-state index in [1.807, 2.05) is 0 Å². The van der Waals surface area contributed by atoms with Crippen LogP contribution in [0.2, 0.25) is 0 Å². The number of nitrogens with zero attached hydrogens (tertiary/aromatic N) is 1. The van der Waals surface area contributed by atoms with Crippen molar-refractivity contribution in [3.05, 3.63) is 0 Å². The fourth-order valence-corrected chi connectivity index (χ4v) is 4.28. The Morgan fingerprint density at radius 2 is 1.67 bits per heavy atom. The molecule has 0 N–H and O–H groups in total. The van der Waals surface area contributed by atoms with Crippen molar-refractivity contribution in [3.63, 3.8) is 0 Å². The molecule has 0 aromatic carbocycles. The Kier molecular flexibility index (Phi) is 7.77. The summed E-state index contributed by atoms with van der Waals surface area (Å²) >= 11 is 0. The Bertz CT molecular complexity index is 302. The maximum atomic E-state index is 12.0. The highest BCUT2D eigenvalue weighted by molar-refractivity contribution is 5.83. The molecule has 0 amide bonds. The summed E-state index contributed by atoms with van der Waals surface area (Å²) in [5.41, 5.74) is 0. The van der Waals surface area contributed by atoms with Crippen molar-refractivity contribution in [1.29, 1.82) is 0 Å². The van der Waals surface area contributed by atoms with Crippen molar-refractivity contribution in [1.82, 2.24) is 4.90 Å². The first kappa shape index (κ1) is 17.0. The van der Waals surface area contributed by atoms with E-state index in [2.05, 4.69) is 11.8 Å². The second-order valence-corrected chi connectivity index (χ2v) is 7.19. The molecule has 1 aliphatic heterocycles. The Balaban J connectivity index is 1.56. The van der Waals surface area contributed by atoms with Crippen molar-refractivity contribution < 1.29 is 4.79 Å². The van der Waals surface area contributed by atoms with E-state index in [-0.39, 0.29) is 0 Å². The highest BCUT2D eigenvalue weighted by Crippen LogP contribution is 2.33. The molecule has 0 radical (unpaired) electrons. The van der Waals surface area contributed by atoms with Gasteiger partial charge in [0.15, 0.2) is 0 Å². The molecule has 2 fully saturated rings. The number of unbranched alkanes of at least 4 members (excludes halogenated alkanes) is 7. The number of Topliss-reactive ketones (excluding diaryl/α,β-unsaturated/α-hetero) is 1. The van der Waals surface area contributed by atoms with Gasteiger partial charge < -0.3 is 0 Å². The average molecular weight is 293 g/mol. The van der Waals surface area contributed by atoms with Crippen LogP contribution >= 0.6 is 0 Å². The van der Waals surface area contributed by atoms with Crippen LogP contribution in [0.4, 0.5) is 0 Å². The van der Waals surface area contributed by atoms with Crippen LogP contribution in [0.5, 0.6) is 0 Å². The molecule has 1 saturated carbocycles. The quantitative estimate of drug-likeness (QED) is 0.531. The fourth-order valence-electron chi connectivity index (χ4n) is 4.28. The zero-order valence-electron chi connectivity index (χ0n) is 14.1. The standard InChI is InChI=1S/C19H35NO/c1-2-3-4-5-6-7-8-9-15-20-16-11-13-18(20)17-12-10-14-19(17)21/h17-18H,2-16H2,1H3. The lowest BCUT2D eigenvalue weighted by atomic mass is 9.95. The highest BCUT2D eigenvalue weighted by atomic mass is 16.1. The molecule has 1 aliphatic carbocycles. The number of rotatable bonds is 10. The lowest BCUT2D eigenvalue weighted by Gasteiger charge is -2.28. The lowest BCUT2D eigenvalue weighted by molar-refractivity contribution is -0.122. The van der Waals surface area contributed by atoms with E-state index in [0.29, 0.717) is 17.7 Å². The molecule has 122 valence electrons. The van der Waals surface area contributed by atoms with Gasteiger partial charge in [0.2, 0.25) is 0 Å². The van der Waals surface area contributed by atoms with Gasteiger partial charge in [-0.1, -0.05) is 51.9 Å². The molecule has 2 atom stereocenters. The molecule has 0 spiro atoms. The van der Waals surface area contributed by atoms with E-state index in [1.165, 1.54) is 77.3 Å². The van der Waals surface area contributed by atoms with Crippen molar-refractivity contribution in [3.8, 4) is 0 Å². The molecular formula is C19H35NO. The number of ketones is 1. The van der Waals surface area contributed by atoms with Gasteiger partial charge in [-0.05, 0) is 45.2 Å². The van der Waals surface area contributed by atoms with Crippen LogP contribution in [-0.4, -0.2) is 29.8 Å². The third kappa shape index (κ3) is 5.39. The van der Waals surface area contributed by atoms with Crippen LogP contribution in [0.25, 0.3) is 0 Å².